The van der Waals surface area contributed by atoms with Crippen LogP contribution in [0.25, 0.3) is 26.9 Å². The molecule has 0 radical (unpaired) electrons. The highest BCUT2D eigenvalue weighted by Gasteiger charge is 2.16. The second-order valence-corrected chi connectivity index (χ2v) is 6.01. The van der Waals surface area contributed by atoms with Crippen molar-refractivity contribution >= 4 is 16.3 Å². The van der Waals surface area contributed by atoms with Gasteiger partial charge in [-0.25, -0.2) is 0 Å². The molecule has 0 aliphatic heterocycles. The van der Waals surface area contributed by atoms with Gasteiger partial charge in [0, 0.05) is 5.56 Å². The van der Waals surface area contributed by atoms with Crippen molar-refractivity contribution in [1.29, 1.82) is 0 Å². The molecule has 0 N–H and O–H groups in total. The van der Waals surface area contributed by atoms with Crippen LogP contribution in [0.4, 0.5) is 0 Å². The van der Waals surface area contributed by atoms with Crippen molar-refractivity contribution in [2.75, 3.05) is 14.2 Å². The zero-order chi connectivity index (χ0) is 16.5. The van der Waals surface area contributed by atoms with Crippen molar-refractivity contribution in [3.05, 3.63) is 48.5 Å². The fourth-order valence-electron chi connectivity index (χ4n) is 2.49. The highest BCUT2D eigenvalue weighted by molar-refractivity contribution is 7.19. The molecular formula is C17H14N4O2S. The molecule has 120 valence electrons. The first-order valence-corrected chi connectivity index (χ1v) is 8.12. The van der Waals surface area contributed by atoms with Gasteiger partial charge in [-0.15, -0.1) is 10.2 Å². The summed E-state index contributed by atoms with van der Waals surface area (Å²) in [5.41, 5.74) is 1.84. The number of fused-ring (bicyclic) bond motifs is 1. The number of rotatable bonds is 4. The highest BCUT2D eigenvalue weighted by Crippen LogP contribution is 2.34. The van der Waals surface area contributed by atoms with Crippen molar-refractivity contribution in [3.8, 4) is 33.5 Å². The molecule has 0 aliphatic rings. The van der Waals surface area contributed by atoms with Gasteiger partial charge in [-0.2, -0.15) is 9.61 Å². The Balaban J connectivity index is 1.84. The Morgan fingerprint density at radius 2 is 1.83 bits per heavy atom. The molecule has 2 heterocycles. The second-order valence-electron chi connectivity index (χ2n) is 5.06. The topological polar surface area (TPSA) is 61.5 Å². The maximum Gasteiger partial charge on any atom is 0.235 e. The molecule has 0 amide bonds. The summed E-state index contributed by atoms with van der Waals surface area (Å²) in [6.07, 6.45) is 0. The summed E-state index contributed by atoms with van der Waals surface area (Å²) in [4.78, 5) is 0.730. The number of aromatic nitrogens is 4. The number of hydrogen-bond acceptors (Lipinski definition) is 6. The van der Waals surface area contributed by atoms with E-state index in [1.807, 2.05) is 48.5 Å². The van der Waals surface area contributed by atoms with E-state index in [4.69, 9.17) is 9.47 Å². The number of nitrogens with zero attached hydrogens (tertiary/aromatic N) is 4. The van der Waals surface area contributed by atoms with Crippen molar-refractivity contribution in [2.45, 2.75) is 0 Å². The van der Waals surface area contributed by atoms with Gasteiger partial charge < -0.3 is 9.47 Å². The predicted molar refractivity (Wildman–Crippen MR) is 92.6 cm³/mol. The lowest BCUT2D eigenvalue weighted by molar-refractivity contribution is 0.415. The van der Waals surface area contributed by atoms with Gasteiger partial charge in [0.05, 0.1) is 19.8 Å². The van der Waals surface area contributed by atoms with Crippen LogP contribution in [0.1, 0.15) is 0 Å². The first-order valence-electron chi connectivity index (χ1n) is 7.30. The van der Waals surface area contributed by atoms with Crippen LogP contribution in [0.5, 0.6) is 11.5 Å². The fourth-order valence-corrected chi connectivity index (χ4v) is 3.36. The summed E-state index contributed by atoms with van der Waals surface area (Å²) in [6, 6.07) is 15.5. The van der Waals surface area contributed by atoms with E-state index in [-0.39, 0.29) is 0 Å². The van der Waals surface area contributed by atoms with Gasteiger partial charge in [-0.05, 0) is 24.3 Å². The van der Waals surface area contributed by atoms with Gasteiger partial charge in [0.25, 0.3) is 0 Å². The molecule has 0 unspecified atom stereocenters. The SMILES string of the molecule is COc1cccc(-c2nnc3sc(-c4ccccc4OC)nn23)c1. The van der Waals surface area contributed by atoms with Gasteiger partial charge in [-0.1, -0.05) is 35.6 Å². The third-order valence-electron chi connectivity index (χ3n) is 3.66. The van der Waals surface area contributed by atoms with E-state index in [1.54, 1.807) is 18.7 Å². The third-order valence-corrected chi connectivity index (χ3v) is 4.59. The van der Waals surface area contributed by atoms with Crippen LogP contribution < -0.4 is 9.47 Å². The highest BCUT2D eigenvalue weighted by atomic mass is 32.1. The minimum absolute atomic E-state index is 0.682. The molecule has 0 fully saturated rings. The van der Waals surface area contributed by atoms with Crippen LogP contribution in [0.15, 0.2) is 48.5 Å². The van der Waals surface area contributed by atoms with Crippen LogP contribution in [0.3, 0.4) is 0 Å². The fraction of sp³-hybridized carbons (Fsp3) is 0.118. The average molecular weight is 338 g/mol. The summed E-state index contributed by atoms with van der Waals surface area (Å²) >= 11 is 1.47. The van der Waals surface area contributed by atoms with Crippen molar-refractivity contribution in [2.24, 2.45) is 0 Å². The molecule has 0 bridgehead atoms. The average Bonchev–Trinajstić information content (AvgIpc) is 3.22. The van der Waals surface area contributed by atoms with Crippen LogP contribution in [0.2, 0.25) is 0 Å². The normalized spacial score (nSPS) is 10.9. The molecule has 0 aliphatic carbocycles. The summed E-state index contributed by atoms with van der Waals surface area (Å²) < 4.78 is 12.5. The lowest BCUT2D eigenvalue weighted by atomic mass is 10.2. The standard InChI is InChI=1S/C17H14N4O2S/c1-22-12-7-5-6-11(10-12)15-18-19-17-21(15)20-16(24-17)13-8-3-4-9-14(13)23-2/h3-10H,1-2H3. The molecule has 24 heavy (non-hydrogen) atoms. The van der Waals surface area contributed by atoms with Crippen LogP contribution in [-0.2, 0) is 0 Å². The van der Waals surface area contributed by atoms with Crippen molar-refractivity contribution in [1.82, 2.24) is 19.8 Å². The largest absolute Gasteiger partial charge is 0.497 e. The first-order chi connectivity index (χ1) is 11.8. The maximum absolute atomic E-state index is 5.42. The van der Waals surface area contributed by atoms with Gasteiger partial charge in [0.2, 0.25) is 4.96 Å². The van der Waals surface area contributed by atoms with Crippen LogP contribution >= 0.6 is 11.3 Å². The lowest BCUT2D eigenvalue weighted by Crippen LogP contribution is -1.93. The Labute approximate surface area is 142 Å². The minimum atomic E-state index is 0.682. The molecular weight excluding hydrogens is 324 g/mol. The van der Waals surface area contributed by atoms with E-state index in [9.17, 15) is 0 Å². The summed E-state index contributed by atoms with van der Waals surface area (Å²) in [7, 11) is 3.29. The number of methoxy groups -OCH3 is 2. The molecule has 7 heteroatoms. The summed E-state index contributed by atoms with van der Waals surface area (Å²) in [5, 5.41) is 14.0. The number of hydrogen-bond donors (Lipinski definition) is 0. The molecule has 0 atom stereocenters. The maximum atomic E-state index is 5.42. The Hall–Kier alpha value is -2.93. The summed E-state index contributed by atoms with van der Waals surface area (Å²) in [6.45, 7) is 0. The van der Waals surface area contributed by atoms with Gasteiger partial charge >= 0.3 is 0 Å². The molecule has 0 saturated heterocycles. The predicted octanol–water partition coefficient (Wildman–Crippen LogP) is 3.54. The quantitative estimate of drug-likeness (QED) is 0.569. The molecule has 4 aromatic rings. The van der Waals surface area contributed by atoms with Gasteiger partial charge in [0.1, 0.15) is 11.5 Å². The van der Waals surface area contributed by atoms with E-state index in [0.717, 1.165) is 32.6 Å². The molecule has 6 nitrogen and oxygen atoms in total. The molecule has 0 spiro atoms. The molecule has 2 aromatic carbocycles. The molecule has 4 rings (SSSR count). The third kappa shape index (κ3) is 2.39. The van der Waals surface area contributed by atoms with Gasteiger partial charge in [0.15, 0.2) is 10.8 Å². The molecule has 0 saturated carbocycles. The van der Waals surface area contributed by atoms with Crippen LogP contribution in [0, 0.1) is 0 Å². The Morgan fingerprint density at radius 3 is 2.67 bits per heavy atom. The van der Waals surface area contributed by atoms with Crippen molar-refractivity contribution in [3.63, 3.8) is 0 Å². The van der Waals surface area contributed by atoms with Crippen molar-refractivity contribution < 1.29 is 9.47 Å². The Bertz CT molecular complexity index is 1010. The number of para-hydroxylation sites is 1. The van der Waals surface area contributed by atoms with E-state index < -0.39 is 0 Å². The van der Waals surface area contributed by atoms with E-state index in [1.165, 1.54) is 11.3 Å². The van der Waals surface area contributed by atoms with E-state index >= 15 is 0 Å². The lowest BCUT2D eigenvalue weighted by Gasteiger charge is -2.04. The van der Waals surface area contributed by atoms with Crippen LogP contribution in [-0.4, -0.2) is 34.0 Å². The van der Waals surface area contributed by atoms with E-state index in [2.05, 4.69) is 15.3 Å². The Morgan fingerprint density at radius 1 is 0.958 bits per heavy atom. The zero-order valence-electron chi connectivity index (χ0n) is 13.1. The smallest absolute Gasteiger partial charge is 0.235 e. The Kier molecular flexibility index (Phi) is 3.62. The monoisotopic (exact) mass is 338 g/mol. The number of ether oxygens (including phenoxy) is 2. The number of benzene rings is 2. The van der Waals surface area contributed by atoms with Gasteiger partial charge in [-0.3, -0.25) is 0 Å². The first kappa shape index (κ1) is 14.6. The minimum Gasteiger partial charge on any atom is -0.497 e. The summed E-state index contributed by atoms with van der Waals surface area (Å²) in [5.74, 6) is 2.23. The van der Waals surface area contributed by atoms with E-state index in [0.29, 0.717) is 5.82 Å². The second kappa shape index (κ2) is 5.93. The molecule has 2 aromatic heterocycles. The zero-order valence-corrected chi connectivity index (χ0v) is 13.9.